The molecule has 0 aliphatic carbocycles. The molecule has 0 aliphatic heterocycles. The van der Waals surface area contributed by atoms with Gasteiger partial charge in [0, 0.05) is 0 Å². The third-order valence-corrected chi connectivity index (χ3v) is 3.32. The maximum Gasteiger partial charge on any atom is 0.326 e. The number of carbonyl (C=O) groups is 3. The molecular weight excluding hydrogens is 300 g/mol. The van der Waals surface area contributed by atoms with Gasteiger partial charge < -0.3 is 27.2 Å². The minimum Gasteiger partial charge on any atom is -0.480 e. The van der Waals surface area contributed by atoms with Gasteiger partial charge >= 0.3 is 5.97 Å². The Labute approximate surface area is 137 Å². The first kappa shape index (κ1) is 21.3. The molecule has 0 aliphatic rings. The summed E-state index contributed by atoms with van der Waals surface area (Å²) in [4.78, 5) is 35.3. The molecule has 0 saturated carbocycles. The fourth-order valence-electron chi connectivity index (χ4n) is 2.03. The summed E-state index contributed by atoms with van der Waals surface area (Å²) in [6.45, 7) is 5.75. The van der Waals surface area contributed by atoms with Crippen LogP contribution in [0.1, 0.15) is 46.5 Å². The van der Waals surface area contributed by atoms with E-state index < -0.39 is 35.9 Å². The predicted molar refractivity (Wildman–Crippen MR) is 87.5 cm³/mol. The second-order valence-electron chi connectivity index (χ2n) is 6.16. The zero-order chi connectivity index (χ0) is 18.0. The lowest BCUT2D eigenvalue weighted by Gasteiger charge is -2.23. The first-order valence-corrected chi connectivity index (χ1v) is 7.98. The molecule has 0 bridgehead atoms. The number of carboxylic acids is 1. The molecule has 3 unspecified atom stereocenters. The van der Waals surface area contributed by atoms with Crippen LogP contribution in [0, 0.1) is 5.92 Å². The molecule has 0 fully saturated rings. The van der Waals surface area contributed by atoms with E-state index >= 15 is 0 Å². The van der Waals surface area contributed by atoms with Crippen molar-refractivity contribution in [3.63, 3.8) is 0 Å². The largest absolute Gasteiger partial charge is 0.480 e. The van der Waals surface area contributed by atoms with Crippen molar-refractivity contribution in [2.24, 2.45) is 17.4 Å². The highest BCUT2D eigenvalue weighted by molar-refractivity contribution is 5.91. The van der Waals surface area contributed by atoms with E-state index in [1.54, 1.807) is 0 Å². The van der Waals surface area contributed by atoms with Gasteiger partial charge in [-0.2, -0.15) is 0 Å². The van der Waals surface area contributed by atoms with E-state index in [2.05, 4.69) is 10.6 Å². The van der Waals surface area contributed by atoms with Crippen LogP contribution >= 0.6 is 0 Å². The van der Waals surface area contributed by atoms with Crippen molar-refractivity contribution < 1.29 is 19.5 Å². The number of unbranched alkanes of at least 4 members (excludes halogenated alkanes) is 1. The van der Waals surface area contributed by atoms with Gasteiger partial charge in [-0.25, -0.2) is 4.79 Å². The van der Waals surface area contributed by atoms with Crippen LogP contribution in [0.3, 0.4) is 0 Å². The Morgan fingerprint density at radius 3 is 2.00 bits per heavy atom. The molecule has 3 atom stereocenters. The number of aliphatic carboxylic acids is 1. The van der Waals surface area contributed by atoms with Gasteiger partial charge in [-0.1, -0.05) is 13.8 Å². The molecule has 0 saturated heterocycles. The van der Waals surface area contributed by atoms with E-state index in [4.69, 9.17) is 11.5 Å². The second kappa shape index (κ2) is 11.0. The number of nitrogens with one attached hydrogen (secondary N) is 2. The average molecular weight is 330 g/mol. The number of carboxylic acid groups (broad SMARTS) is 1. The first-order chi connectivity index (χ1) is 10.7. The monoisotopic (exact) mass is 330 g/mol. The standard InChI is InChI=1S/C15H30N4O4/c1-9(2)8-12(15(22)23)19-14(21)11(6-4-5-7-16)18-13(20)10(3)17/h9-12H,4-8,16-17H2,1-3H3,(H,18,20)(H,19,21)(H,22,23). The lowest BCUT2D eigenvalue weighted by atomic mass is 10.0. The molecule has 0 radical (unpaired) electrons. The fourth-order valence-corrected chi connectivity index (χ4v) is 2.03. The summed E-state index contributed by atoms with van der Waals surface area (Å²) in [6.07, 6.45) is 2.06. The smallest absolute Gasteiger partial charge is 0.326 e. The molecule has 0 aromatic heterocycles. The van der Waals surface area contributed by atoms with E-state index in [0.29, 0.717) is 32.2 Å². The Balaban J connectivity index is 4.86. The summed E-state index contributed by atoms with van der Waals surface area (Å²) in [7, 11) is 0. The maximum atomic E-state index is 12.3. The molecular formula is C15H30N4O4. The molecule has 23 heavy (non-hydrogen) atoms. The van der Waals surface area contributed by atoms with Crippen LogP contribution in [0.5, 0.6) is 0 Å². The van der Waals surface area contributed by atoms with Crippen molar-refractivity contribution in [3.8, 4) is 0 Å². The van der Waals surface area contributed by atoms with Gasteiger partial charge in [-0.3, -0.25) is 9.59 Å². The molecule has 0 rings (SSSR count). The van der Waals surface area contributed by atoms with E-state index in [0.717, 1.165) is 0 Å². The van der Waals surface area contributed by atoms with Crippen molar-refractivity contribution in [2.75, 3.05) is 6.54 Å². The molecule has 0 spiro atoms. The van der Waals surface area contributed by atoms with Crippen LogP contribution < -0.4 is 22.1 Å². The third-order valence-electron chi connectivity index (χ3n) is 3.32. The third kappa shape index (κ3) is 9.14. The summed E-state index contributed by atoms with van der Waals surface area (Å²) in [5.41, 5.74) is 10.9. The molecule has 8 heteroatoms. The summed E-state index contributed by atoms with van der Waals surface area (Å²) >= 11 is 0. The number of nitrogens with two attached hydrogens (primary N) is 2. The minimum absolute atomic E-state index is 0.116. The first-order valence-electron chi connectivity index (χ1n) is 7.98. The van der Waals surface area contributed by atoms with Crippen LogP contribution in [-0.4, -0.2) is 47.6 Å². The zero-order valence-electron chi connectivity index (χ0n) is 14.2. The Morgan fingerprint density at radius 2 is 1.57 bits per heavy atom. The molecule has 134 valence electrons. The van der Waals surface area contributed by atoms with Crippen molar-refractivity contribution >= 4 is 17.8 Å². The number of amides is 2. The molecule has 8 nitrogen and oxygen atoms in total. The molecule has 7 N–H and O–H groups in total. The molecule has 2 amide bonds. The van der Waals surface area contributed by atoms with Crippen molar-refractivity contribution in [1.29, 1.82) is 0 Å². The summed E-state index contributed by atoms with van der Waals surface area (Å²) in [5.74, 6) is -1.94. The van der Waals surface area contributed by atoms with Gasteiger partial charge in [-0.15, -0.1) is 0 Å². The van der Waals surface area contributed by atoms with Gasteiger partial charge in [-0.05, 0) is 45.1 Å². The van der Waals surface area contributed by atoms with Crippen molar-refractivity contribution in [1.82, 2.24) is 10.6 Å². The van der Waals surface area contributed by atoms with Crippen molar-refractivity contribution in [3.05, 3.63) is 0 Å². The number of rotatable bonds is 11. The van der Waals surface area contributed by atoms with Crippen molar-refractivity contribution in [2.45, 2.75) is 64.6 Å². The SMILES string of the molecule is CC(C)CC(NC(=O)C(CCCCN)NC(=O)C(C)N)C(=O)O. The topological polar surface area (TPSA) is 148 Å². The highest BCUT2D eigenvalue weighted by Gasteiger charge is 2.27. The van der Waals surface area contributed by atoms with Gasteiger partial charge in [0.15, 0.2) is 0 Å². The van der Waals surface area contributed by atoms with Crippen LogP contribution in [0.15, 0.2) is 0 Å². The number of hydrogen-bond donors (Lipinski definition) is 5. The normalized spacial score (nSPS) is 14.9. The lowest BCUT2D eigenvalue weighted by Crippen LogP contribution is -2.54. The Kier molecular flexibility index (Phi) is 10.2. The second-order valence-corrected chi connectivity index (χ2v) is 6.16. The molecule has 0 heterocycles. The van der Waals surface area contributed by atoms with Gasteiger partial charge in [0.1, 0.15) is 12.1 Å². The highest BCUT2D eigenvalue weighted by atomic mass is 16.4. The molecule has 0 aromatic carbocycles. The Bertz CT molecular complexity index is 399. The number of hydrogen-bond acceptors (Lipinski definition) is 5. The summed E-state index contributed by atoms with van der Waals surface area (Å²) < 4.78 is 0. The van der Waals surface area contributed by atoms with E-state index in [1.807, 2.05) is 13.8 Å². The quantitative estimate of drug-likeness (QED) is 0.324. The van der Waals surface area contributed by atoms with E-state index in [1.165, 1.54) is 6.92 Å². The summed E-state index contributed by atoms with van der Waals surface area (Å²) in [5, 5.41) is 14.3. The van der Waals surface area contributed by atoms with Crippen LogP contribution in [0.2, 0.25) is 0 Å². The maximum absolute atomic E-state index is 12.3. The van der Waals surface area contributed by atoms with Crippen LogP contribution in [0.25, 0.3) is 0 Å². The van der Waals surface area contributed by atoms with E-state index in [9.17, 15) is 19.5 Å². The fraction of sp³-hybridized carbons (Fsp3) is 0.800. The summed E-state index contributed by atoms with van der Waals surface area (Å²) in [6, 6.07) is -2.54. The molecule has 0 aromatic rings. The van der Waals surface area contributed by atoms with Gasteiger partial charge in [0.25, 0.3) is 0 Å². The number of carbonyl (C=O) groups excluding carboxylic acids is 2. The van der Waals surface area contributed by atoms with Crippen LogP contribution in [0.4, 0.5) is 0 Å². The predicted octanol–water partition coefficient (Wildman–Crippen LogP) is -0.437. The Hall–Kier alpha value is -1.67. The zero-order valence-corrected chi connectivity index (χ0v) is 14.2. The Morgan fingerprint density at radius 1 is 1.00 bits per heavy atom. The van der Waals surface area contributed by atoms with Gasteiger partial charge in [0.2, 0.25) is 11.8 Å². The average Bonchev–Trinajstić information content (AvgIpc) is 2.44. The lowest BCUT2D eigenvalue weighted by molar-refractivity contribution is -0.142. The van der Waals surface area contributed by atoms with Gasteiger partial charge in [0.05, 0.1) is 6.04 Å². The van der Waals surface area contributed by atoms with E-state index in [-0.39, 0.29) is 5.92 Å². The highest BCUT2D eigenvalue weighted by Crippen LogP contribution is 2.07. The van der Waals surface area contributed by atoms with Crippen LogP contribution in [-0.2, 0) is 14.4 Å². The minimum atomic E-state index is -1.09.